The number of carbonyl (C=O) groups is 2. The van der Waals surface area contributed by atoms with Crippen molar-refractivity contribution < 1.29 is 24.2 Å². The van der Waals surface area contributed by atoms with E-state index >= 15 is 0 Å². The molecule has 1 amide bonds. The van der Waals surface area contributed by atoms with Crippen molar-refractivity contribution in [2.45, 2.75) is 31.7 Å². The zero-order valence-electron chi connectivity index (χ0n) is 15.6. The topological polar surface area (TPSA) is 103 Å². The number of aromatic hydroxyl groups is 1. The van der Waals surface area contributed by atoms with E-state index in [1.807, 2.05) is 4.68 Å². The Hall–Kier alpha value is -3.29. The van der Waals surface area contributed by atoms with E-state index in [1.54, 1.807) is 24.4 Å². The highest BCUT2D eigenvalue weighted by atomic mass is 16.5. The number of anilines is 1. The predicted octanol–water partition coefficient (Wildman–Crippen LogP) is 2.91. The van der Waals surface area contributed by atoms with Crippen LogP contribution in [0.1, 0.15) is 37.3 Å². The van der Waals surface area contributed by atoms with Crippen LogP contribution in [0.4, 0.5) is 5.82 Å². The fourth-order valence-corrected chi connectivity index (χ4v) is 3.18. The minimum Gasteiger partial charge on any atom is -0.504 e. The zero-order chi connectivity index (χ0) is 19.9. The van der Waals surface area contributed by atoms with E-state index in [0.29, 0.717) is 23.2 Å². The van der Waals surface area contributed by atoms with E-state index in [9.17, 15) is 14.7 Å². The largest absolute Gasteiger partial charge is 0.504 e. The van der Waals surface area contributed by atoms with E-state index in [0.717, 1.165) is 25.7 Å². The second kappa shape index (κ2) is 9.07. The lowest BCUT2D eigenvalue weighted by molar-refractivity contribution is -0.142. The number of rotatable bonds is 7. The number of methoxy groups -OCH3 is 1. The van der Waals surface area contributed by atoms with Gasteiger partial charge in [0.25, 0.3) is 5.91 Å². The highest BCUT2D eigenvalue weighted by Crippen LogP contribution is 2.31. The van der Waals surface area contributed by atoms with Crippen molar-refractivity contribution >= 4 is 23.8 Å². The first-order valence-electron chi connectivity index (χ1n) is 9.12. The van der Waals surface area contributed by atoms with Crippen LogP contribution in [0.5, 0.6) is 11.5 Å². The van der Waals surface area contributed by atoms with Crippen LogP contribution in [0.3, 0.4) is 0 Å². The number of aromatic nitrogens is 2. The molecule has 0 radical (unpaired) electrons. The van der Waals surface area contributed by atoms with Crippen LogP contribution in [0, 0.1) is 0 Å². The molecule has 2 aromatic rings. The van der Waals surface area contributed by atoms with Gasteiger partial charge in [0.1, 0.15) is 5.82 Å². The molecule has 8 heteroatoms. The fraction of sp³-hybridized carbons (Fsp3) is 0.350. The smallest absolute Gasteiger partial charge is 0.331 e. The first kappa shape index (κ1) is 19.5. The van der Waals surface area contributed by atoms with E-state index in [-0.39, 0.29) is 5.75 Å². The molecule has 0 bridgehead atoms. The Bertz CT molecular complexity index is 868. The van der Waals surface area contributed by atoms with Gasteiger partial charge in [-0.3, -0.25) is 4.79 Å². The van der Waals surface area contributed by atoms with Crippen molar-refractivity contribution in [3.8, 4) is 11.5 Å². The average Bonchev–Trinajstić information content (AvgIpc) is 3.37. The lowest BCUT2D eigenvalue weighted by atomic mass is 10.2. The van der Waals surface area contributed by atoms with Crippen LogP contribution >= 0.6 is 0 Å². The van der Waals surface area contributed by atoms with Crippen molar-refractivity contribution in [1.82, 2.24) is 9.78 Å². The quantitative estimate of drug-likeness (QED) is 0.561. The summed E-state index contributed by atoms with van der Waals surface area (Å²) in [5, 5.41) is 16.6. The Balaban J connectivity index is 1.49. The van der Waals surface area contributed by atoms with Crippen molar-refractivity contribution in [3.63, 3.8) is 0 Å². The molecular formula is C20H23N3O5. The van der Waals surface area contributed by atoms with E-state index in [2.05, 4.69) is 10.4 Å². The van der Waals surface area contributed by atoms with Gasteiger partial charge in [-0.1, -0.05) is 18.9 Å². The number of carbonyl (C=O) groups excluding carboxylic acids is 2. The summed E-state index contributed by atoms with van der Waals surface area (Å²) in [6, 6.07) is 6.70. The number of amides is 1. The van der Waals surface area contributed by atoms with Gasteiger partial charge in [0.15, 0.2) is 18.1 Å². The van der Waals surface area contributed by atoms with Crippen LogP contribution in [-0.4, -0.2) is 40.5 Å². The van der Waals surface area contributed by atoms with Crippen LogP contribution in [-0.2, 0) is 14.3 Å². The Labute approximate surface area is 162 Å². The second-order valence-corrected chi connectivity index (χ2v) is 6.52. The summed E-state index contributed by atoms with van der Waals surface area (Å²) in [6.07, 6.45) is 8.79. The van der Waals surface area contributed by atoms with Crippen LogP contribution in [0.25, 0.3) is 6.08 Å². The number of nitrogens with zero attached hydrogens (tertiary/aromatic N) is 2. The SMILES string of the molecule is COc1cc(/C=C/C(=O)OCC(=O)Nc2ccnn2C2CCCC2)ccc1O. The van der Waals surface area contributed by atoms with Crippen LogP contribution < -0.4 is 10.1 Å². The molecule has 28 heavy (non-hydrogen) atoms. The minimum atomic E-state index is -0.647. The maximum atomic E-state index is 12.1. The number of nitrogens with one attached hydrogen (secondary N) is 1. The molecule has 1 aliphatic carbocycles. The molecule has 1 heterocycles. The molecule has 0 unspecified atom stereocenters. The molecule has 8 nitrogen and oxygen atoms in total. The van der Waals surface area contributed by atoms with Gasteiger partial charge < -0.3 is 19.9 Å². The standard InChI is InChI=1S/C20H23N3O5/c1-27-17-12-14(6-8-16(17)24)7-9-20(26)28-13-19(25)22-18-10-11-21-23(18)15-4-2-3-5-15/h6-12,15,24H,2-5,13H2,1H3,(H,22,25)/b9-7+. The molecule has 2 N–H and O–H groups in total. The highest BCUT2D eigenvalue weighted by Gasteiger charge is 2.20. The van der Waals surface area contributed by atoms with Crippen molar-refractivity contribution in [2.75, 3.05) is 19.0 Å². The first-order chi connectivity index (χ1) is 13.6. The third kappa shape index (κ3) is 4.91. The second-order valence-electron chi connectivity index (χ2n) is 6.52. The number of ether oxygens (including phenoxy) is 2. The first-order valence-corrected chi connectivity index (χ1v) is 9.12. The molecule has 3 rings (SSSR count). The molecule has 1 aromatic carbocycles. The Morgan fingerprint density at radius 2 is 2.11 bits per heavy atom. The number of hydrogen-bond donors (Lipinski definition) is 2. The van der Waals surface area contributed by atoms with Crippen molar-refractivity contribution in [2.24, 2.45) is 0 Å². The highest BCUT2D eigenvalue weighted by molar-refractivity contribution is 5.94. The Kier molecular flexibility index (Phi) is 6.31. The zero-order valence-corrected chi connectivity index (χ0v) is 15.6. The van der Waals surface area contributed by atoms with Gasteiger partial charge >= 0.3 is 5.97 Å². The lowest BCUT2D eigenvalue weighted by Gasteiger charge is -2.14. The summed E-state index contributed by atoms with van der Waals surface area (Å²) in [6.45, 7) is -0.391. The number of esters is 1. The molecule has 1 fully saturated rings. The van der Waals surface area contributed by atoms with Gasteiger partial charge in [-0.2, -0.15) is 5.10 Å². The summed E-state index contributed by atoms with van der Waals surface area (Å²) >= 11 is 0. The van der Waals surface area contributed by atoms with Gasteiger partial charge in [0.2, 0.25) is 0 Å². The van der Waals surface area contributed by atoms with Crippen LogP contribution in [0.15, 0.2) is 36.5 Å². The molecule has 148 valence electrons. The third-order valence-electron chi connectivity index (χ3n) is 4.57. The average molecular weight is 385 g/mol. The molecule has 1 saturated carbocycles. The number of phenols is 1. The predicted molar refractivity (Wildman–Crippen MR) is 103 cm³/mol. The summed E-state index contributed by atoms with van der Waals surface area (Å²) in [5.41, 5.74) is 0.650. The molecule has 0 aliphatic heterocycles. The van der Waals surface area contributed by atoms with Gasteiger partial charge in [-0.15, -0.1) is 0 Å². The number of hydrogen-bond acceptors (Lipinski definition) is 6. The maximum Gasteiger partial charge on any atom is 0.331 e. The summed E-state index contributed by atoms with van der Waals surface area (Å²) in [4.78, 5) is 23.9. The Morgan fingerprint density at radius 1 is 1.32 bits per heavy atom. The molecule has 1 aliphatic rings. The third-order valence-corrected chi connectivity index (χ3v) is 4.57. The van der Waals surface area contributed by atoms with Gasteiger partial charge in [-0.05, 0) is 36.6 Å². The molecule has 0 saturated heterocycles. The van der Waals surface area contributed by atoms with Gasteiger partial charge in [-0.25, -0.2) is 9.48 Å². The van der Waals surface area contributed by atoms with Crippen molar-refractivity contribution in [3.05, 3.63) is 42.1 Å². The fourth-order valence-electron chi connectivity index (χ4n) is 3.18. The minimum absolute atomic E-state index is 0.00995. The maximum absolute atomic E-state index is 12.1. The lowest BCUT2D eigenvalue weighted by Crippen LogP contribution is -2.22. The van der Waals surface area contributed by atoms with Crippen LogP contribution in [0.2, 0.25) is 0 Å². The normalized spacial score (nSPS) is 14.3. The summed E-state index contributed by atoms with van der Waals surface area (Å²) in [7, 11) is 1.44. The van der Waals surface area contributed by atoms with E-state index < -0.39 is 18.5 Å². The number of phenolic OH excluding ortho intramolecular Hbond substituents is 1. The molecule has 1 aromatic heterocycles. The summed E-state index contributed by atoms with van der Waals surface area (Å²) < 4.78 is 11.8. The van der Waals surface area contributed by atoms with E-state index in [4.69, 9.17) is 9.47 Å². The summed E-state index contributed by atoms with van der Waals surface area (Å²) in [5.74, 6) is -0.150. The van der Waals surface area contributed by atoms with Gasteiger partial charge in [0, 0.05) is 12.1 Å². The monoisotopic (exact) mass is 385 g/mol. The molecular weight excluding hydrogens is 362 g/mol. The molecule has 0 atom stereocenters. The van der Waals surface area contributed by atoms with E-state index in [1.165, 1.54) is 25.3 Å². The molecule has 0 spiro atoms. The Morgan fingerprint density at radius 3 is 2.86 bits per heavy atom. The van der Waals surface area contributed by atoms with Crippen molar-refractivity contribution in [1.29, 1.82) is 0 Å². The number of benzene rings is 1. The van der Waals surface area contributed by atoms with Gasteiger partial charge in [0.05, 0.1) is 19.3 Å².